The Hall–Kier alpha value is -0.940. The minimum absolute atomic E-state index is 0.666. The highest BCUT2D eigenvalue weighted by Crippen LogP contribution is 2.25. The molecule has 0 saturated heterocycles. The Morgan fingerprint density at radius 1 is 1.47 bits per heavy atom. The molecule has 2 aromatic rings. The van der Waals surface area contributed by atoms with E-state index in [0.717, 1.165) is 34.1 Å². The number of nitrogens with zero attached hydrogens (tertiary/aromatic N) is 3. The molecule has 0 aromatic carbocycles. The summed E-state index contributed by atoms with van der Waals surface area (Å²) in [6, 6.07) is 0. The molecule has 0 radical (unpaired) electrons. The van der Waals surface area contributed by atoms with Crippen molar-refractivity contribution in [2.45, 2.75) is 19.8 Å². The van der Waals surface area contributed by atoms with Crippen molar-refractivity contribution in [3.05, 3.63) is 16.9 Å². The van der Waals surface area contributed by atoms with Gasteiger partial charge in [-0.25, -0.2) is 0 Å². The Balaban J connectivity index is 2.17. The summed E-state index contributed by atoms with van der Waals surface area (Å²) in [5, 5.41) is 17.1. The van der Waals surface area contributed by atoms with Crippen molar-refractivity contribution >= 4 is 22.9 Å². The van der Waals surface area contributed by atoms with Gasteiger partial charge in [0.1, 0.15) is 5.01 Å². The minimum Gasteiger partial charge on any atom is -0.282 e. The molecule has 6 heteroatoms. The van der Waals surface area contributed by atoms with Crippen LogP contribution in [0.4, 0.5) is 0 Å². The average molecular weight is 243 g/mol. The molecule has 2 rings (SSSR count). The van der Waals surface area contributed by atoms with Crippen LogP contribution in [0.5, 0.6) is 0 Å². The Bertz CT molecular complexity index is 437. The fourth-order valence-corrected chi connectivity index (χ4v) is 2.33. The largest absolute Gasteiger partial charge is 0.282 e. The third-order valence-electron chi connectivity index (χ3n) is 2.05. The predicted octanol–water partition coefficient (Wildman–Crippen LogP) is 2.41. The molecule has 80 valence electrons. The molecule has 0 saturated carbocycles. The van der Waals surface area contributed by atoms with Crippen molar-refractivity contribution in [2.24, 2.45) is 0 Å². The molecule has 0 amide bonds. The van der Waals surface area contributed by atoms with Crippen LogP contribution < -0.4 is 0 Å². The van der Waals surface area contributed by atoms with Crippen molar-refractivity contribution in [3.63, 3.8) is 0 Å². The standard InChI is InChI=1S/C9H11ClN4S/c1-6-7(5-11-12-6)9-14-13-8(15-9)3-2-4-10/h5H,2-4H2,1H3,(H,11,12). The van der Waals surface area contributed by atoms with Crippen LogP contribution in [0.2, 0.25) is 0 Å². The van der Waals surface area contributed by atoms with Crippen molar-refractivity contribution < 1.29 is 0 Å². The molecule has 0 atom stereocenters. The maximum Gasteiger partial charge on any atom is 0.151 e. The summed E-state index contributed by atoms with van der Waals surface area (Å²) < 4.78 is 0. The summed E-state index contributed by atoms with van der Waals surface area (Å²) >= 11 is 7.23. The van der Waals surface area contributed by atoms with E-state index in [1.54, 1.807) is 17.5 Å². The van der Waals surface area contributed by atoms with E-state index in [1.165, 1.54) is 0 Å². The van der Waals surface area contributed by atoms with Crippen molar-refractivity contribution in [3.8, 4) is 10.6 Å². The van der Waals surface area contributed by atoms with E-state index >= 15 is 0 Å². The molecule has 15 heavy (non-hydrogen) atoms. The first kappa shape index (κ1) is 10.6. The number of H-pyrrole nitrogens is 1. The maximum atomic E-state index is 5.62. The number of nitrogens with one attached hydrogen (secondary N) is 1. The zero-order valence-electron chi connectivity index (χ0n) is 8.33. The van der Waals surface area contributed by atoms with Gasteiger partial charge in [-0.3, -0.25) is 5.10 Å². The normalized spacial score (nSPS) is 10.8. The molecule has 4 nitrogen and oxygen atoms in total. The molecule has 2 heterocycles. The second-order valence-corrected chi connectivity index (χ2v) is 4.64. The highest BCUT2D eigenvalue weighted by atomic mass is 35.5. The van der Waals surface area contributed by atoms with Gasteiger partial charge in [-0.15, -0.1) is 21.8 Å². The Labute approximate surface area is 96.7 Å². The smallest absolute Gasteiger partial charge is 0.151 e. The monoisotopic (exact) mass is 242 g/mol. The number of hydrogen-bond donors (Lipinski definition) is 1. The number of rotatable bonds is 4. The Morgan fingerprint density at radius 2 is 2.33 bits per heavy atom. The zero-order chi connectivity index (χ0) is 10.7. The Kier molecular flexibility index (Phi) is 3.33. The third kappa shape index (κ3) is 2.35. The number of aromatic nitrogens is 4. The van der Waals surface area contributed by atoms with E-state index in [2.05, 4.69) is 20.4 Å². The molecular formula is C9H11ClN4S. The lowest BCUT2D eigenvalue weighted by Gasteiger charge is -1.90. The Morgan fingerprint density at radius 3 is 3.00 bits per heavy atom. The van der Waals surface area contributed by atoms with Gasteiger partial charge in [0, 0.05) is 18.0 Å². The van der Waals surface area contributed by atoms with Crippen LogP contribution in [0.3, 0.4) is 0 Å². The molecule has 2 aromatic heterocycles. The fraction of sp³-hybridized carbons (Fsp3) is 0.444. The second-order valence-electron chi connectivity index (χ2n) is 3.20. The van der Waals surface area contributed by atoms with E-state index in [4.69, 9.17) is 11.6 Å². The van der Waals surface area contributed by atoms with Crippen LogP contribution in [0.15, 0.2) is 6.20 Å². The summed E-state index contributed by atoms with van der Waals surface area (Å²) in [5.74, 6) is 0.666. The maximum absolute atomic E-state index is 5.62. The summed E-state index contributed by atoms with van der Waals surface area (Å²) in [6.07, 6.45) is 3.62. The van der Waals surface area contributed by atoms with E-state index in [-0.39, 0.29) is 0 Å². The highest BCUT2D eigenvalue weighted by molar-refractivity contribution is 7.14. The van der Waals surface area contributed by atoms with Gasteiger partial charge in [0.2, 0.25) is 0 Å². The molecular weight excluding hydrogens is 232 g/mol. The van der Waals surface area contributed by atoms with Gasteiger partial charge >= 0.3 is 0 Å². The van der Waals surface area contributed by atoms with Gasteiger partial charge in [-0.05, 0) is 13.3 Å². The van der Waals surface area contributed by atoms with Crippen molar-refractivity contribution in [1.29, 1.82) is 0 Å². The van der Waals surface area contributed by atoms with Gasteiger partial charge in [0.15, 0.2) is 5.01 Å². The van der Waals surface area contributed by atoms with Crippen LogP contribution in [0.1, 0.15) is 17.1 Å². The second kappa shape index (κ2) is 4.72. The molecule has 0 bridgehead atoms. The molecule has 0 fully saturated rings. The third-order valence-corrected chi connectivity index (χ3v) is 3.34. The topological polar surface area (TPSA) is 54.5 Å². The average Bonchev–Trinajstić information content (AvgIpc) is 2.83. The van der Waals surface area contributed by atoms with Crippen LogP contribution in [0, 0.1) is 6.92 Å². The van der Waals surface area contributed by atoms with Gasteiger partial charge < -0.3 is 0 Å². The number of alkyl halides is 1. The number of aryl methyl sites for hydroxylation is 2. The predicted molar refractivity (Wildman–Crippen MR) is 61.3 cm³/mol. The lowest BCUT2D eigenvalue weighted by Crippen LogP contribution is -1.84. The lowest BCUT2D eigenvalue weighted by atomic mass is 10.3. The van der Waals surface area contributed by atoms with Gasteiger partial charge in [0.05, 0.1) is 11.8 Å². The van der Waals surface area contributed by atoms with Crippen LogP contribution in [-0.2, 0) is 6.42 Å². The lowest BCUT2D eigenvalue weighted by molar-refractivity contribution is 0.884. The quantitative estimate of drug-likeness (QED) is 0.838. The summed E-state index contributed by atoms with van der Waals surface area (Å²) in [4.78, 5) is 0. The first-order valence-electron chi connectivity index (χ1n) is 4.70. The highest BCUT2D eigenvalue weighted by Gasteiger charge is 2.09. The summed E-state index contributed by atoms with van der Waals surface area (Å²) in [5.41, 5.74) is 2.06. The molecule has 1 N–H and O–H groups in total. The van der Waals surface area contributed by atoms with E-state index in [0.29, 0.717) is 5.88 Å². The number of aromatic amines is 1. The van der Waals surface area contributed by atoms with Gasteiger partial charge in [-0.2, -0.15) is 5.10 Å². The number of halogens is 1. The molecule has 0 aliphatic rings. The van der Waals surface area contributed by atoms with E-state index in [9.17, 15) is 0 Å². The zero-order valence-corrected chi connectivity index (χ0v) is 9.90. The SMILES string of the molecule is Cc1[nH]ncc1-c1nnc(CCCCl)s1. The van der Waals surface area contributed by atoms with Crippen molar-refractivity contribution in [2.75, 3.05) is 5.88 Å². The van der Waals surface area contributed by atoms with Crippen LogP contribution >= 0.6 is 22.9 Å². The molecule has 0 aliphatic heterocycles. The summed E-state index contributed by atoms with van der Waals surface area (Å²) in [6.45, 7) is 1.97. The minimum atomic E-state index is 0.666. The van der Waals surface area contributed by atoms with Crippen molar-refractivity contribution in [1.82, 2.24) is 20.4 Å². The van der Waals surface area contributed by atoms with Crippen LogP contribution in [0.25, 0.3) is 10.6 Å². The first-order chi connectivity index (χ1) is 7.31. The van der Waals surface area contributed by atoms with Gasteiger partial charge in [-0.1, -0.05) is 11.3 Å². The summed E-state index contributed by atoms with van der Waals surface area (Å²) in [7, 11) is 0. The van der Waals surface area contributed by atoms with Gasteiger partial charge in [0.25, 0.3) is 0 Å². The van der Waals surface area contributed by atoms with E-state index < -0.39 is 0 Å². The molecule has 0 aliphatic carbocycles. The molecule has 0 spiro atoms. The van der Waals surface area contributed by atoms with Crippen LogP contribution in [-0.4, -0.2) is 26.3 Å². The van der Waals surface area contributed by atoms with E-state index in [1.807, 2.05) is 6.92 Å². The number of hydrogen-bond acceptors (Lipinski definition) is 4. The fourth-order valence-electron chi connectivity index (χ4n) is 1.25. The first-order valence-corrected chi connectivity index (χ1v) is 6.05. The molecule has 0 unspecified atom stereocenters.